The van der Waals surface area contributed by atoms with Gasteiger partial charge in [-0.1, -0.05) is 6.07 Å². The molecule has 0 spiro atoms. The number of hydrogen-bond acceptors (Lipinski definition) is 7. The summed E-state index contributed by atoms with van der Waals surface area (Å²) in [5.41, 5.74) is 10.0. The molecule has 9 heteroatoms. The van der Waals surface area contributed by atoms with E-state index in [9.17, 15) is 9.65 Å². The number of hydrogen-bond donors (Lipinski definition) is 1. The van der Waals surface area contributed by atoms with Crippen molar-refractivity contribution in [2.45, 2.75) is 32.0 Å². The van der Waals surface area contributed by atoms with E-state index in [1.807, 2.05) is 13.0 Å². The third kappa shape index (κ3) is 2.80. The highest BCUT2D eigenvalue weighted by Crippen LogP contribution is 2.41. The lowest BCUT2D eigenvalue weighted by Crippen LogP contribution is -2.41. The lowest BCUT2D eigenvalue weighted by atomic mass is 9.88. The lowest BCUT2D eigenvalue weighted by Gasteiger charge is -2.42. The zero-order valence-corrected chi connectivity index (χ0v) is 16.6. The summed E-state index contributed by atoms with van der Waals surface area (Å²) in [5, 5.41) is 14.3. The summed E-state index contributed by atoms with van der Waals surface area (Å²) in [6.45, 7) is 3.27. The Labute approximate surface area is 172 Å². The van der Waals surface area contributed by atoms with Crippen molar-refractivity contribution in [1.29, 1.82) is 5.26 Å². The molecule has 0 amide bonds. The van der Waals surface area contributed by atoms with Crippen molar-refractivity contribution >= 4 is 5.82 Å². The van der Waals surface area contributed by atoms with Gasteiger partial charge in [-0.15, -0.1) is 0 Å². The fourth-order valence-corrected chi connectivity index (χ4v) is 4.28. The van der Waals surface area contributed by atoms with Gasteiger partial charge in [-0.05, 0) is 36.6 Å². The van der Waals surface area contributed by atoms with Crippen molar-refractivity contribution < 1.29 is 9.13 Å². The van der Waals surface area contributed by atoms with Gasteiger partial charge in [0.1, 0.15) is 23.7 Å². The molecule has 2 atom stereocenters. The Bertz CT molecular complexity index is 1200. The summed E-state index contributed by atoms with van der Waals surface area (Å²) in [5.74, 6) is -0.0320. The molecule has 1 saturated heterocycles. The van der Waals surface area contributed by atoms with Crippen LogP contribution < -0.4 is 10.5 Å². The first-order valence-corrected chi connectivity index (χ1v) is 9.75. The van der Waals surface area contributed by atoms with Gasteiger partial charge in [-0.3, -0.25) is 9.58 Å². The van der Waals surface area contributed by atoms with Crippen LogP contribution in [0.3, 0.4) is 0 Å². The smallest absolute Gasteiger partial charge is 0.258 e. The molecule has 152 valence electrons. The second-order valence-electron chi connectivity index (χ2n) is 7.66. The summed E-state index contributed by atoms with van der Waals surface area (Å²) < 4.78 is 21.7. The SMILES string of the molecule is C[C@H]1Oc2nc(cnc2N)-c2c(nn(C)c2C#N)CN2CCC2c2ccc(F)cc21. The van der Waals surface area contributed by atoms with Crippen LogP contribution in [0.5, 0.6) is 5.88 Å². The number of ether oxygens (including phenoxy) is 1. The third-order valence-corrected chi connectivity index (χ3v) is 5.87. The molecule has 5 rings (SSSR count). The third-order valence-electron chi connectivity index (χ3n) is 5.87. The fraction of sp³-hybridized carbons (Fsp3) is 0.333. The highest BCUT2D eigenvalue weighted by Gasteiger charge is 2.35. The molecule has 2 N–H and O–H groups in total. The molecule has 2 aromatic heterocycles. The topological polar surface area (TPSA) is 106 Å². The van der Waals surface area contributed by atoms with E-state index in [1.165, 1.54) is 18.3 Å². The van der Waals surface area contributed by atoms with Crippen molar-refractivity contribution in [2.75, 3.05) is 12.3 Å². The Kier molecular flexibility index (Phi) is 4.18. The second kappa shape index (κ2) is 6.78. The standard InChI is InChI=1S/C21H20FN7O/c1-11-14-7-12(22)3-4-13(14)17-5-6-29(17)10-16-19(18(8-23)28(2)27-16)15-9-25-20(24)21(26-15)30-11/h3-4,7,9,11,17H,5-6,10H2,1-2H3,(H2,24,25)/t11-,17?/m1/s1. The number of nitrogen functional groups attached to an aromatic ring is 1. The van der Waals surface area contributed by atoms with Gasteiger partial charge in [0.15, 0.2) is 5.82 Å². The molecule has 0 saturated carbocycles. The molecule has 2 aliphatic heterocycles. The van der Waals surface area contributed by atoms with Gasteiger partial charge in [-0.2, -0.15) is 10.4 Å². The number of nitrogens with zero attached hydrogens (tertiary/aromatic N) is 6. The quantitative estimate of drug-likeness (QED) is 0.613. The van der Waals surface area contributed by atoms with Crippen LogP contribution in [0.25, 0.3) is 11.3 Å². The molecule has 0 radical (unpaired) electrons. The molecule has 2 bridgehead atoms. The Morgan fingerprint density at radius 1 is 1.33 bits per heavy atom. The molecule has 0 aliphatic carbocycles. The summed E-state index contributed by atoms with van der Waals surface area (Å²) in [6, 6.07) is 7.14. The Hall–Kier alpha value is -3.51. The predicted molar refractivity (Wildman–Crippen MR) is 107 cm³/mol. The van der Waals surface area contributed by atoms with Crippen LogP contribution in [0, 0.1) is 17.1 Å². The molecule has 4 heterocycles. The number of nitriles is 1. The minimum absolute atomic E-state index is 0.119. The van der Waals surface area contributed by atoms with E-state index >= 15 is 0 Å². The van der Waals surface area contributed by atoms with Crippen LogP contribution >= 0.6 is 0 Å². The first-order valence-electron chi connectivity index (χ1n) is 9.75. The van der Waals surface area contributed by atoms with Crippen molar-refractivity contribution in [3.63, 3.8) is 0 Å². The summed E-state index contributed by atoms with van der Waals surface area (Å²) in [6.07, 6.45) is 2.00. The minimum atomic E-state index is -0.478. The number of halogens is 1. The van der Waals surface area contributed by atoms with Gasteiger partial charge >= 0.3 is 0 Å². The van der Waals surface area contributed by atoms with Gasteiger partial charge in [0.2, 0.25) is 0 Å². The number of nitrogens with two attached hydrogens (primary N) is 1. The first-order chi connectivity index (χ1) is 14.5. The number of fused-ring (bicyclic) bond motifs is 7. The number of rotatable bonds is 0. The molecule has 2 aliphatic rings. The number of aryl methyl sites for hydroxylation is 1. The number of aromatic nitrogens is 4. The van der Waals surface area contributed by atoms with E-state index in [2.05, 4.69) is 26.0 Å². The highest BCUT2D eigenvalue weighted by molar-refractivity contribution is 5.69. The van der Waals surface area contributed by atoms with Crippen LogP contribution in [0.15, 0.2) is 24.4 Å². The van der Waals surface area contributed by atoms with Gasteiger partial charge in [0.25, 0.3) is 5.88 Å². The van der Waals surface area contributed by atoms with Crippen molar-refractivity contribution in [3.8, 4) is 23.2 Å². The summed E-state index contributed by atoms with van der Waals surface area (Å²) in [4.78, 5) is 11.0. The monoisotopic (exact) mass is 405 g/mol. The molecule has 30 heavy (non-hydrogen) atoms. The van der Waals surface area contributed by atoms with E-state index in [0.29, 0.717) is 23.5 Å². The number of benzene rings is 1. The van der Waals surface area contributed by atoms with Crippen LogP contribution in [-0.4, -0.2) is 31.2 Å². The molecule has 1 fully saturated rings. The summed E-state index contributed by atoms with van der Waals surface area (Å²) >= 11 is 0. The Balaban J connectivity index is 1.73. The van der Waals surface area contributed by atoms with Crippen LogP contribution in [0.4, 0.5) is 10.2 Å². The van der Waals surface area contributed by atoms with Crippen molar-refractivity contribution in [3.05, 3.63) is 52.7 Å². The van der Waals surface area contributed by atoms with Crippen molar-refractivity contribution in [2.24, 2.45) is 7.05 Å². The van der Waals surface area contributed by atoms with Gasteiger partial charge in [0.05, 0.1) is 23.1 Å². The van der Waals surface area contributed by atoms with Crippen molar-refractivity contribution in [1.82, 2.24) is 24.6 Å². The van der Waals surface area contributed by atoms with Gasteiger partial charge in [-0.25, -0.2) is 14.4 Å². The first kappa shape index (κ1) is 18.5. The lowest BCUT2D eigenvalue weighted by molar-refractivity contribution is 0.0774. The molecule has 3 aromatic rings. The molecule has 1 unspecified atom stereocenters. The zero-order valence-electron chi connectivity index (χ0n) is 16.6. The van der Waals surface area contributed by atoms with Gasteiger partial charge < -0.3 is 10.5 Å². The fourth-order valence-electron chi connectivity index (χ4n) is 4.28. The summed E-state index contributed by atoms with van der Waals surface area (Å²) in [7, 11) is 1.74. The predicted octanol–water partition coefficient (Wildman–Crippen LogP) is 2.87. The largest absolute Gasteiger partial charge is 0.467 e. The Morgan fingerprint density at radius 3 is 2.90 bits per heavy atom. The van der Waals surface area contributed by atoms with E-state index in [4.69, 9.17) is 10.5 Å². The maximum absolute atomic E-state index is 14.1. The molecule has 1 aromatic carbocycles. The molecular formula is C21H20FN7O. The van der Waals surface area contributed by atoms with Gasteiger partial charge in [0, 0.05) is 26.2 Å². The van der Waals surface area contributed by atoms with E-state index in [0.717, 1.165) is 29.8 Å². The average Bonchev–Trinajstić information content (AvgIpc) is 3.02. The molecule has 8 nitrogen and oxygen atoms in total. The van der Waals surface area contributed by atoms with Crippen LogP contribution in [0.2, 0.25) is 0 Å². The van der Waals surface area contributed by atoms with Crippen LogP contribution in [0.1, 0.15) is 48.0 Å². The normalized spacial score (nSPS) is 20.3. The van der Waals surface area contributed by atoms with E-state index in [1.54, 1.807) is 11.7 Å². The minimum Gasteiger partial charge on any atom is -0.467 e. The molecular weight excluding hydrogens is 385 g/mol. The Morgan fingerprint density at radius 2 is 2.17 bits per heavy atom. The van der Waals surface area contributed by atoms with Crippen LogP contribution in [-0.2, 0) is 13.6 Å². The highest BCUT2D eigenvalue weighted by atomic mass is 19.1. The zero-order chi connectivity index (χ0) is 21.0. The average molecular weight is 405 g/mol. The second-order valence-corrected chi connectivity index (χ2v) is 7.66. The van der Waals surface area contributed by atoms with E-state index < -0.39 is 6.10 Å². The maximum atomic E-state index is 14.1. The maximum Gasteiger partial charge on any atom is 0.258 e. The van der Waals surface area contributed by atoms with E-state index in [-0.39, 0.29) is 23.6 Å². The number of anilines is 1.